The number of amides is 1. The van der Waals surface area contributed by atoms with Crippen molar-refractivity contribution in [3.05, 3.63) is 71.5 Å². The van der Waals surface area contributed by atoms with Gasteiger partial charge in [-0.25, -0.2) is 4.79 Å². The summed E-state index contributed by atoms with van der Waals surface area (Å²) in [6.45, 7) is 6.36. The molecule has 35 heavy (non-hydrogen) atoms. The van der Waals surface area contributed by atoms with Crippen molar-refractivity contribution in [1.29, 1.82) is 0 Å². The molecule has 0 spiro atoms. The summed E-state index contributed by atoms with van der Waals surface area (Å²) >= 11 is 1.35. The van der Waals surface area contributed by atoms with Gasteiger partial charge in [-0.3, -0.25) is 9.69 Å². The Hall–Kier alpha value is -3.17. The van der Waals surface area contributed by atoms with Crippen LogP contribution in [0.4, 0.5) is 5.69 Å². The number of nitrogens with zero attached hydrogens (tertiary/aromatic N) is 4. The lowest BCUT2D eigenvalue weighted by Gasteiger charge is -2.23. The van der Waals surface area contributed by atoms with Crippen LogP contribution < -0.4 is 5.32 Å². The first-order chi connectivity index (χ1) is 16.8. The average molecular weight is 496 g/mol. The van der Waals surface area contributed by atoms with Crippen molar-refractivity contribution in [3.63, 3.8) is 0 Å². The van der Waals surface area contributed by atoms with Crippen molar-refractivity contribution in [1.82, 2.24) is 19.7 Å². The van der Waals surface area contributed by atoms with Gasteiger partial charge in [-0.2, -0.15) is 0 Å². The summed E-state index contributed by atoms with van der Waals surface area (Å²) in [6, 6.07) is 16.9. The normalized spacial score (nSPS) is 12.1. The Balaban J connectivity index is 1.69. The second-order valence-corrected chi connectivity index (χ2v) is 9.61. The SMILES string of the molecule is CCC(c1nnc(SCC(=O)Nc2ccc(C(=O)OC(C)C)cc2)n1Cc1ccccc1)N(C)C. The fourth-order valence-corrected chi connectivity index (χ4v) is 4.39. The molecule has 186 valence electrons. The van der Waals surface area contributed by atoms with Gasteiger partial charge in [0, 0.05) is 5.69 Å². The number of esters is 1. The van der Waals surface area contributed by atoms with Crippen LogP contribution in [0.3, 0.4) is 0 Å². The van der Waals surface area contributed by atoms with Crippen LogP contribution in [0.5, 0.6) is 0 Å². The maximum atomic E-state index is 12.6. The average Bonchev–Trinajstić information content (AvgIpc) is 3.20. The predicted octanol–water partition coefficient (Wildman–Crippen LogP) is 4.64. The molecule has 0 aliphatic rings. The number of nitrogens with one attached hydrogen (secondary N) is 1. The second-order valence-electron chi connectivity index (χ2n) is 8.67. The van der Waals surface area contributed by atoms with E-state index in [0.717, 1.165) is 17.8 Å². The molecule has 0 saturated carbocycles. The van der Waals surface area contributed by atoms with Gasteiger partial charge in [-0.1, -0.05) is 49.0 Å². The van der Waals surface area contributed by atoms with E-state index < -0.39 is 0 Å². The molecule has 9 heteroatoms. The number of benzene rings is 2. The van der Waals surface area contributed by atoms with Gasteiger partial charge in [-0.05, 0) is 64.2 Å². The van der Waals surface area contributed by atoms with Crippen LogP contribution in [0.25, 0.3) is 0 Å². The fraction of sp³-hybridized carbons (Fsp3) is 0.385. The van der Waals surface area contributed by atoms with Gasteiger partial charge >= 0.3 is 5.97 Å². The van der Waals surface area contributed by atoms with Gasteiger partial charge in [0.2, 0.25) is 5.91 Å². The number of thioether (sulfide) groups is 1. The lowest BCUT2D eigenvalue weighted by Crippen LogP contribution is -2.23. The van der Waals surface area contributed by atoms with Gasteiger partial charge < -0.3 is 14.6 Å². The zero-order valence-corrected chi connectivity index (χ0v) is 21.7. The highest BCUT2D eigenvalue weighted by molar-refractivity contribution is 7.99. The standard InChI is InChI=1S/C26H33N5O3S/c1-6-22(30(4)5)24-28-29-26(31(24)16-19-10-8-7-9-11-19)35-17-23(32)27-21-14-12-20(13-15-21)25(33)34-18(2)3/h7-15,18,22H,6,16-17H2,1-5H3,(H,27,32). The molecule has 1 heterocycles. The molecule has 0 bridgehead atoms. The summed E-state index contributed by atoms with van der Waals surface area (Å²) < 4.78 is 7.29. The van der Waals surface area contributed by atoms with Crippen molar-refractivity contribution in [2.45, 2.75) is 51.0 Å². The topological polar surface area (TPSA) is 89.4 Å². The van der Waals surface area contributed by atoms with E-state index in [9.17, 15) is 9.59 Å². The molecule has 0 aliphatic carbocycles. The van der Waals surface area contributed by atoms with Crippen molar-refractivity contribution in [3.8, 4) is 0 Å². The highest BCUT2D eigenvalue weighted by Gasteiger charge is 2.22. The van der Waals surface area contributed by atoms with E-state index in [4.69, 9.17) is 4.74 Å². The van der Waals surface area contributed by atoms with Crippen molar-refractivity contribution in [2.24, 2.45) is 0 Å². The molecular formula is C26H33N5O3S. The largest absolute Gasteiger partial charge is 0.459 e. The molecule has 1 amide bonds. The minimum absolute atomic E-state index is 0.121. The van der Waals surface area contributed by atoms with Crippen LogP contribution in [-0.4, -0.2) is 57.5 Å². The molecule has 0 fully saturated rings. The van der Waals surface area contributed by atoms with E-state index in [1.807, 2.05) is 32.3 Å². The first-order valence-corrected chi connectivity index (χ1v) is 12.6. The number of hydrogen-bond acceptors (Lipinski definition) is 7. The number of aromatic nitrogens is 3. The maximum absolute atomic E-state index is 12.6. The molecule has 1 unspecified atom stereocenters. The van der Waals surface area contributed by atoms with Crippen LogP contribution in [0.15, 0.2) is 59.8 Å². The Bertz CT molecular complexity index is 1110. The van der Waals surface area contributed by atoms with E-state index in [0.29, 0.717) is 23.0 Å². The Morgan fingerprint density at radius 2 is 1.74 bits per heavy atom. The quantitative estimate of drug-likeness (QED) is 0.306. The molecule has 1 aromatic heterocycles. The molecular weight excluding hydrogens is 462 g/mol. The molecule has 1 N–H and O–H groups in total. The highest BCUT2D eigenvalue weighted by atomic mass is 32.2. The van der Waals surface area contributed by atoms with Crippen LogP contribution in [0, 0.1) is 0 Å². The summed E-state index contributed by atoms with van der Waals surface area (Å²) in [5.41, 5.74) is 2.20. The highest BCUT2D eigenvalue weighted by Crippen LogP contribution is 2.26. The van der Waals surface area contributed by atoms with E-state index in [-0.39, 0.29) is 29.8 Å². The summed E-state index contributed by atoms with van der Waals surface area (Å²) in [6.07, 6.45) is 0.708. The zero-order chi connectivity index (χ0) is 25.4. The first kappa shape index (κ1) is 26.4. The molecule has 3 rings (SSSR count). The Labute approximate surface area is 211 Å². The van der Waals surface area contributed by atoms with Gasteiger partial charge in [0.1, 0.15) is 0 Å². The molecule has 0 radical (unpaired) electrons. The van der Waals surface area contributed by atoms with Gasteiger partial charge in [-0.15, -0.1) is 10.2 Å². The summed E-state index contributed by atoms with van der Waals surface area (Å²) in [4.78, 5) is 26.8. The molecule has 0 saturated heterocycles. The zero-order valence-electron chi connectivity index (χ0n) is 20.9. The smallest absolute Gasteiger partial charge is 0.338 e. The lowest BCUT2D eigenvalue weighted by molar-refractivity contribution is -0.113. The summed E-state index contributed by atoms with van der Waals surface area (Å²) in [5, 5.41) is 12.5. The second kappa shape index (κ2) is 12.5. The van der Waals surface area contributed by atoms with Crippen LogP contribution >= 0.6 is 11.8 Å². The molecule has 1 atom stereocenters. The van der Waals surface area contributed by atoms with Gasteiger partial charge in [0.25, 0.3) is 0 Å². The third-order valence-corrected chi connectivity index (χ3v) is 6.28. The molecule has 2 aromatic carbocycles. The third kappa shape index (κ3) is 7.40. The van der Waals surface area contributed by atoms with Gasteiger partial charge in [0.05, 0.1) is 30.0 Å². The van der Waals surface area contributed by atoms with E-state index in [1.54, 1.807) is 38.1 Å². The first-order valence-electron chi connectivity index (χ1n) is 11.7. The number of rotatable bonds is 11. The Kier molecular flexibility index (Phi) is 9.45. The van der Waals surface area contributed by atoms with Gasteiger partial charge in [0.15, 0.2) is 11.0 Å². The molecule has 3 aromatic rings. The van der Waals surface area contributed by atoms with Crippen molar-refractivity contribution >= 4 is 29.3 Å². The maximum Gasteiger partial charge on any atom is 0.338 e. The van der Waals surface area contributed by atoms with E-state index in [1.165, 1.54) is 11.8 Å². The van der Waals surface area contributed by atoms with E-state index >= 15 is 0 Å². The number of carbonyl (C=O) groups is 2. The third-order valence-electron chi connectivity index (χ3n) is 5.32. The molecule has 0 aliphatic heterocycles. The lowest BCUT2D eigenvalue weighted by atomic mass is 10.2. The summed E-state index contributed by atoms with van der Waals surface area (Å²) in [7, 11) is 4.06. The monoisotopic (exact) mass is 495 g/mol. The van der Waals surface area contributed by atoms with Crippen molar-refractivity contribution in [2.75, 3.05) is 25.2 Å². The Morgan fingerprint density at radius 1 is 1.06 bits per heavy atom. The minimum atomic E-state index is -0.384. The predicted molar refractivity (Wildman–Crippen MR) is 139 cm³/mol. The minimum Gasteiger partial charge on any atom is -0.459 e. The number of ether oxygens (including phenoxy) is 1. The fourth-order valence-electron chi connectivity index (χ4n) is 3.65. The van der Waals surface area contributed by atoms with Crippen molar-refractivity contribution < 1.29 is 14.3 Å². The van der Waals surface area contributed by atoms with Crippen LogP contribution in [-0.2, 0) is 16.1 Å². The number of anilines is 1. The Morgan fingerprint density at radius 3 is 2.34 bits per heavy atom. The number of carbonyl (C=O) groups excluding carboxylic acids is 2. The van der Waals surface area contributed by atoms with Crippen LogP contribution in [0.2, 0.25) is 0 Å². The van der Waals surface area contributed by atoms with Crippen LogP contribution in [0.1, 0.15) is 55.0 Å². The number of hydrogen-bond donors (Lipinski definition) is 1. The molecule has 8 nitrogen and oxygen atoms in total. The summed E-state index contributed by atoms with van der Waals surface area (Å²) in [5.74, 6) is 0.518. The van der Waals surface area contributed by atoms with E-state index in [2.05, 4.69) is 44.0 Å².